The summed E-state index contributed by atoms with van der Waals surface area (Å²) in [6, 6.07) is 1.99. The molecule has 0 unspecified atom stereocenters. The fraction of sp³-hybridized carbons (Fsp3) is 0.667. The van der Waals surface area contributed by atoms with Gasteiger partial charge in [-0.15, -0.1) is 0 Å². The van der Waals surface area contributed by atoms with E-state index in [1.165, 1.54) is 0 Å². The lowest BCUT2D eigenvalue weighted by Gasteiger charge is -2.36. The van der Waals surface area contributed by atoms with Gasteiger partial charge in [0.1, 0.15) is 5.82 Å². The number of anilines is 2. The lowest BCUT2D eigenvalue weighted by molar-refractivity contribution is -0.129. The minimum absolute atomic E-state index is 0.119. The van der Waals surface area contributed by atoms with Crippen molar-refractivity contribution < 1.29 is 14.3 Å². The van der Waals surface area contributed by atoms with Crippen LogP contribution in [0.2, 0.25) is 0 Å². The van der Waals surface area contributed by atoms with Crippen LogP contribution in [0.25, 0.3) is 0 Å². The number of aryl methyl sites for hydroxylation is 1. The molecule has 2 aliphatic rings. The number of ether oxygens (including phenoxy) is 1. The zero-order chi connectivity index (χ0) is 19.4. The van der Waals surface area contributed by atoms with E-state index in [4.69, 9.17) is 9.72 Å². The molecule has 2 aliphatic heterocycles. The summed E-state index contributed by atoms with van der Waals surface area (Å²) in [6.45, 7) is 11.3. The molecule has 1 aromatic rings. The van der Waals surface area contributed by atoms with Crippen LogP contribution in [0.3, 0.4) is 0 Å². The Morgan fingerprint density at radius 2 is 1.56 bits per heavy atom. The first kappa shape index (κ1) is 19.2. The Kier molecular flexibility index (Phi) is 5.98. The van der Waals surface area contributed by atoms with Gasteiger partial charge in [0, 0.05) is 71.0 Å². The Labute approximate surface area is 159 Å². The van der Waals surface area contributed by atoms with E-state index in [-0.39, 0.29) is 12.0 Å². The van der Waals surface area contributed by atoms with Gasteiger partial charge in [-0.3, -0.25) is 4.79 Å². The normalized spacial score (nSPS) is 17.9. The van der Waals surface area contributed by atoms with Crippen molar-refractivity contribution in [1.29, 1.82) is 0 Å². The van der Waals surface area contributed by atoms with Gasteiger partial charge >= 0.3 is 6.09 Å². The van der Waals surface area contributed by atoms with Crippen molar-refractivity contribution in [2.24, 2.45) is 0 Å². The minimum atomic E-state index is -0.258. The number of piperazine rings is 2. The standard InChI is InChI=1S/C18H28N6O3/c1-4-27-18(26)24-11-9-23(10-12-24)17-19-14(2)13-16(20-17)22-7-5-21(6-8-22)15(3)25/h13H,4-12H2,1-3H3. The molecule has 9 heteroatoms. The summed E-state index contributed by atoms with van der Waals surface area (Å²) in [7, 11) is 0. The fourth-order valence-corrected chi connectivity index (χ4v) is 3.39. The van der Waals surface area contributed by atoms with Crippen molar-refractivity contribution in [1.82, 2.24) is 19.8 Å². The van der Waals surface area contributed by atoms with Gasteiger partial charge in [0.25, 0.3) is 0 Å². The lowest BCUT2D eigenvalue weighted by atomic mass is 10.3. The Morgan fingerprint density at radius 1 is 0.963 bits per heavy atom. The monoisotopic (exact) mass is 376 g/mol. The fourth-order valence-electron chi connectivity index (χ4n) is 3.39. The third kappa shape index (κ3) is 4.58. The number of nitrogens with zero attached hydrogens (tertiary/aromatic N) is 6. The van der Waals surface area contributed by atoms with E-state index in [9.17, 15) is 9.59 Å². The molecular weight excluding hydrogens is 348 g/mol. The molecule has 2 amide bonds. The summed E-state index contributed by atoms with van der Waals surface area (Å²) in [5.74, 6) is 1.71. The molecule has 9 nitrogen and oxygen atoms in total. The van der Waals surface area contributed by atoms with Crippen molar-refractivity contribution in [3.8, 4) is 0 Å². The van der Waals surface area contributed by atoms with Crippen LogP contribution in [0, 0.1) is 6.92 Å². The van der Waals surface area contributed by atoms with Gasteiger partial charge in [-0.05, 0) is 13.8 Å². The first-order valence-corrected chi connectivity index (χ1v) is 9.50. The molecule has 148 valence electrons. The number of hydrogen-bond donors (Lipinski definition) is 0. The SMILES string of the molecule is CCOC(=O)N1CCN(c2nc(C)cc(N3CCN(C(C)=O)CC3)n2)CC1. The van der Waals surface area contributed by atoms with Crippen LogP contribution in [-0.2, 0) is 9.53 Å². The van der Waals surface area contributed by atoms with Crippen LogP contribution in [-0.4, -0.2) is 90.7 Å². The molecule has 0 bridgehead atoms. The minimum Gasteiger partial charge on any atom is -0.450 e. The van der Waals surface area contributed by atoms with Crippen LogP contribution in [0.15, 0.2) is 6.07 Å². The molecule has 0 aromatic carbocycles. The Bertz CT molecular complexity index is 682. The predicted octanol–water partition coefficient (Wildman–Crippen LogP) is 0.732. The molecule has 1 aromatic heterocycles. The maximum absolute atomic E-state index is 11.8. The highest BCUT2D eigenvalue weighted by Crippen LogP contribution is 2.20. The van der Waals surface area contributed by atoms with Gasteiger partial charge in [0.05, 0.1) is 6.61 Å². The molecule has 27 heavy (non-hydrogen) atoms. The first-order valence-electron chi connectivity index (χ1n) is 9.50. The Hall–Kier alpha value is -2.58. The highest BCUT2D eigenvalue weighted by atomic mass is 16.6. The first-order chi connectivity index (χ1) is 13.0. The zero-order valence-electron chi connectivity index (χ0n) is 16.3. The van der Waals surface area contributed by atoms with Crippen molar-refractivity contribution in [3.05, 3.63) is 11.8 Å². The maximum atomic E-state index is 11.8. The summed E-state index contributed by atoms with van der Waals surface area (Å²) < 4.78 is 5.07. The molecule has 2 saturated heterocycles. The smallest absolute Gasteiger partial charge is 0.409 e. The highest BCUT2D eigenvalue weighted by molar-refractivity contribution is 5.73. The number of carbonyl (C=O) groups is 2. The van der Waals surface area contributed by atoms with Crippen LogP contribution in [0.5, 0.6) is 0 Å². The number of hydrogen-bond acceptors (Lipinski definition) is 7. The van der Waals surface area contributed by atoms with Crippen LogP contribution >= 0.6 is 0 Å². The number of aromatic nitrogens is 2. The van der Waals surface area contributed by atoms with E-state index in [1.54, 1.807) is 11.8 Å². The molecular formula is C18H28N6O3. The number of carbonyl (C=O) groups excluding carboxylic acids is 2. The van der Waals surface area contributed by atoms with Gasteiger partial charge in [0.2, 0.25) is 11.9 Å². The molecule has 0 atom stereocenters. The Morgan fingerprint density at radius 3 is 2.15 bits per heavy atom. The van der Waals surface area contributed by atoms with E-state index in [0.29, 0.717) is 51.8 Å². The summed E-state index contributed by atoms with van der Waals surface area (Å²) >= 11 is 0. The maximum Gasteiger partial charge on any atom is 0.409 e. The quantitative estimate of drug-likeness (QED) is 0.769. The second-order valence-corrected chi connectivity index (χ2v) is 6.83. The average molecular weight is 376 g/mol. The van der Waals surface area contributed by atoms with E-state index in [0.717, 1.165) is 24.6 Å². The molecule has 0 N–H and O–H groups in total. The topological polar surface area (TPSA) is 82.1 Å². The van der Waals surface area contributed by atoms with Crippen LogP contribution < -0.4 is 9.80 Å². The Balaban J connectivity index is 1.64. The largest absolute Gasteiger partial charge is 0.450 e. The van der Waals surface area contributed by atoms with Gasteiger partial charge in [0.15, 0.2) is 0 Å². The van der Waals surface area contributed by atoms with Crippen LogP contribution in [0.4, 0.5) is 16.6 Å². The number of rotatable bonds is 3. The predicted molar refractivity (Wildman–Crippen MR) is 102 cm³/mol. The van der Waals surface area contributed by atoms with Gasteiger partial charge in [-0.1, -0.05) is 0 Å². The summed E-state index contributed by atoms with van der Waals surface area (Å²) in [5, 5.41) is 0. The molecule has 0 spiro atoms. The van der Waals surface area contributed by atoms with E-state index < -0.39 is 0 Å². The molecule has 3 rings (SSSR count). The molecule has 3 heterocycles. The third-order valence-electron chi connectivity index (χ3n) is 4.97. The van der Waals surface area contributed by atoms with Crippen molar-refractivity contribution in [2.45, 2.75) is 20.8 Å². The highest BCUT2D eigenvalue weighted by Gasteiger charge is 2.25. The molecule has 2 fully saturated rings. The van der Waals surface area contributed by atoms with Gasteiger partial charge < -0.3 is 24.3 Å². The summed E-state index contributed by atoms with van der Waals surface area (Å²) in [6.07, 6.45) is -0.258. The molecule has 0 saturated carbocycles. The zero-order valence-corrected chi connectivity index (χ0v) is 16.3. The lowest BCUT2D eigenvalue weighted by Crippen LogP contribution is -2.50. The number of amides is 2. The molecule has 0 radical (unpaired) electrons. The van der Waals surface area contributed by atoms with Crippen molar-refractivity contribution in [3.63, 3.8) is 0 Å². The third-order valence-corrected chi connectivity index (χ3v) is 4.97. The molecule has 0 aliphatic carbocycles. The van der Waals surface area contributed by atoms with Crippen LogP contribution in [0.1, 0.15) is 19.5 Å². The van der Waals surface area contributed by atoms with Crippen molar-refractivity contribution >= 4 is 23.8 Å². The van der Waals surface area contributed by atoms with Gasteiger partial charge in [-0.25, -0.2) is 9.78 Å². The average Bonchev–Trinajstić information content (AvgIpc) is 2.68. The van der Waals surface area contributed by atoms with E-state index in [2.05, 4.69) is 14.8 Å². The second kappa shape index (κ2) is 8.41. The van der Waals surface area contributed by atoms with Crippen molar-refractivity contribution in [2.75, 3.05) is 68.8 Å². The van der Waals surface area contributed by atoms with Gasteiger partial charge in [-0.2, -0.15) is 4.98 Å². The van der Waals surface area contributed by atoms with E-state index in [1.807, 2.05) is 24.8 Å². The summed E-state index contributed by atoms with van der Waals surface area (Å²) in [5.41, 5.74) is 0.914. The summed E-state index contributed by atoms with van der Waals surface area (Å²) in [4.78, 5) is 40.6. The van der Waals surface area contributed by atoms with E-state index >= 15 is 0 Å². The second-order valence-electron chi connectivity index (χ2n) is 6.83.